The van der Waals surface area contributed by atoms with Gasteiger partial charge >= 0.3 is 0 Å². The average Bonchev–Trinajstić information content (AvgIpc) is 3.23. The zero-order chi connectivity index (χ0) is 28.7. The van der Waals surface area contributed by atoms with Gasteiger partial charge in [0.2, 0.25) is 17.7 Å². The highest BCUT2D eigenvalue weighted by Crippen LogP contribution is 2.30. The summed E-state index contributed by atoms with van der Waals surface area (Å²) in [5.41, 5.74) is 3.32. The Morgan fingerprint density at radius 2 is 1.72 bits per heavy atom. The van der Waals surface area contributed by atoms with E-state index in [1.54, 1.807) is 44.0 Å². The standard InChI is InChI=1S/C29H38N4O5S/c1-7-11-26(34)33(6)27(19(3)8-2)28(35)30-18-22-14-16-23(17-15-22)24-12-9-10-13-25(24)39(36,37)32-29-20(4)21(5)31-38-29/h9-10,12-17,19,27,32H,7-8,11,18H2,1-6H3,(H,30,35)/t19-,27-/m0/s1. The average molecular weight is 555 g/mol. The summed E-state index contributed by atoms with van der Waals surface area (Å²) in [5.74, 6) is -0.138. The molecule has 0 saturated carbocycles. The fraction of sp³-hybridized carbons (Fsp3) is 0.414. The molecule has 0 bridgehead atoms. The fourth-order valence-electron chi connectivity index (χ4n) is 4.31. The predicted octanol–water partition coefficient (Wildman–Crippen LogP) is 5.05. The van der Waals surface area contributed by atoms with Crippen LogP contribution in [0.2, 0.25) is 0 Å². The van der Waals surface area contributed by atoms with E-state index in [4.69, 9.17) is 4.52 Å². The second kappa shape index (κ2) is 12.9. The van der Waals surface area contributed by atoms with Crippen LogP contribution in [0.25, 0.3) is 11.1 Å². The van der Waals surface area contributed by atoms with Gasteiger partial charge in [-0.1, -0.05) is 74.8 Å². The van der Waals surface area contributed by atoms with Gasteiger partial charge in [0.1, 0.15) is 6.04 Å². The molecule has 3 aromatic rings. The summed E-state index contributed by atoms with van der Waals surface area (Å²) in [7, 11) is -2.26. The van der Waals surface area contributed by atoms with Crippen molar-refractivity contribution < 1.29 is 22.5 Å². The van der Waals surface area contributed by atoms with Crippen LogP contribution in [0.1, 0.15) is 56.9 Å². The van der Waals surface area contributed by atoms with Gasteiger partial charge < -0.3 is 14.7 Å². The molecule has 0 aliphatic heterocycles. The molecule has 0 aliphatic rings. The zero-order valence-corrected chi connectivity index (χ0v) is 24.3. The van der Waals surface area contributed by atoms with Gasteiger partial charge in [0.05, 0.1) is 10.6 Å². The second-order valence-electron chi connectivity index (χ2n) is 9.82. The monoisotopic (exact) mass is 554 g/mol. The van der Waals surface area contributed by atoms with Gasteiger partial charge in [0.15, 0.2) is 0 Å². The molecule has 0 radical (unpaired) electrons. The van der Waals surface area contributed by atoms with E-state index in [1.165, 1.54) is 6.07 Å². The van der Waals surface area contributed by atoms with Gasteiger partial charge in [-0.25, -0.2) is 13.1 Å². The molecule has 10 heteroatoms. The Kier molecular flexibility index (Phi) is 9.91. The number of nitrogens with zero attached hydrogens (tertiary/aromatic N) is 2. The minimum absolute atomic E-state index is 0.00917. The first-order valence-corrected chi connectivity index (χ1v) is 14.7. The number of benzene rings is 2. The summed E-state index contributed by atoms with van der Waals surface area (Å²) >= 11 is 0. The number of rotatable bonds is 12. The van der Waals surface area contributed by atoms with E-state index < -0.39 is 16.1 Å². The molecule has 0 saturated heterocycles. The summed E-state index contributed by atoms with van der Waals surface area (Å²) in [5, 5.41) is 6.78. The quantitative estimate of drug-likeness (QED) is 0.323. The molecule has 0 unspecified atom stereocenters. The summed E-state index contributed by atoms with van der Waals surface area (Å²) in [6.07, 6.45) is 1.90. The van der Waals surface area contributed by atoms with Gasteiger partial charge in [0.25, 0.3) is 10.0 Å². The number of aromatic nitrogens is 1. The van der Waals surface area contributed by atoms with Crippen molar-refractivity contribution in [2.24, 2.45) is 5.92 Å². The molecule has 2 amide bonds. The van der Waals surface area contributed by atoms with Crippen LogP contribution in [-0.4, -0.2) is 43.4 Å². The van der Waals surface area contributed by atoms with Crippen LogP contribution >= 0.6 is 0 Å². The molecule has 2 atom stereocenters. The molecular formula is C29H38N4O5S. The number of nitrogens with one attached hydrogen (secondary N) is 2. The van der Waals surface area contributed by atoms with E-state index in [0.717, 1.165) is 18.4 Å². The second-order valence-corrected chi connectivity index (χ2v) is 11.5. The van der Waals surface area contributed by atoms with Crippen LogP contribution in [0.15, 0.2) is 57.9 Å². The lowest BCUT2D eigenvalue weighted by atomic mass is 9.96. The van der Waals surface area contributed by atoms with Gasteiger partial charge in [-0.3, -0.25) is 9.59 Å². The lowest BCUT2D eigenvalue weighted by Gasteiger charge is -2.31. The molecule has 3 rings (SSSR count). The van der Waals surface area contributed by atoms with E-state index in [1.807, 2.05) is 45.0 Å². The maximum absolute atomic E-state index is 13.2. The molecule has 1 aromatic heterocycles. The van der Waals surface area contributed by atoms with E-state index in [0.29, 0.717) is 28.8 Å². The number of likely N-dealkylation sites (N-methyl/N-ethyl adjacent to an activating group) is 1. The van der Waals surface area contributed by atoms with Crippen molar-refractivity contribution in [1.29, 1.82) is 0 Å². The Hall–Kier alpha value is -3.66. The van der Waals surface area contributed by atoms with Crippen molar-refractivity contribution in [3.8, 4) is 11.1 Å². The van der Waals surface area contributed by atoms with Crippen LogP contribution in [0.3, 0.4) is 0 Å². The molecule has 9 nitrogen and oxygen atoms in total. The molecule has 0 aliphatic carbocycles. The summed E-state index contributed by atoms with van der Waals surface area (Å²) in [6, 6.07) is 13.5. The first-order valence-electron chi connectivity index (χ1n) is 13.2. The number of hydrogen-bond donors (Lipinski definition) is 2. The van der Waals surface area contributed by atoms with E-state index in [-0.39, 0.29) is 35.1 Å². The first-order chi connectivity index (χ1) is 18.5. The Morgan fingerprint density at radius 3 is 2.31 bits per heavy atom. The van der Waals surface area contributed by atoms with Gasteiger partial charge in [-0.15, -0.1) is 0 Å². The van der Waals surface area contributed by atoms with Crippen LogP contribution in [0.4, 0.5) is 5.88 Å². The third-order valence-electron chi connectivity index (χ3n) is 7.02. The number of amides is 2. The molecule has 1 heterocycles. The maximum Gasteiger partial charge on any atom is 0.264 e. The minimum Gasteiger partial charge on any atom is -0.350 e. The number of hydrogen-bond acceptors (Lipinski definition) is 6. The Labute approximate surface area is 231 Å². The summed E-state index contributed by atoms with van der Waals surface area (Å²) in [6.45, 7) is 9.68. The largest absolute Gasteiger partial charge is 0.350 e. The van der Waals surface area contributed by atoms with Crippen LogP contribution < -0.4 is 10.0 Å². The number of anilines is 1. The molecule has 39 heavy (non-hydrogen) atoms. The fourth-order valence-corrected chi connectivity index (χ4v) is 5.59. The number of carbonyl (C=O) groups excluding carboxylic acids is 2. The Morgan fingerprint density at radius 1 is 1.05 bits per heavy atom. The van der Waals surface area contributed by atoms with Crippen LogP contribution in [-0.2, 0) is 26.2 Å². The predicted molar refractivity (Wildman–Crippen MR) is 151 cm³/mol. The van der Waals surface area contributed by atoms with Gasteiger partial charge in [0, 0.05) is 31.1 Å². The van der Waals surface area contributed by atoms with Crippen LogP contribution in [0.5, 0.6) is 0 Å². The lowest BCUT2D eigenvalue weighted by Crippen LogP contribution is -2.50. The Balaban J connectivity index is 1.76. The summed E-state index contributed by atoms with van der Waals surface area (Å²) in [4.78, 5) is 27.2. The van der Waals surface area contributed by atoms with Crippen molar-refractivity contribution in [2.75, 3.05) is 11.8 Å². The highest BCUT2D eigenvalue weighted by molar-refractivity contribution is 7.92. The smallest absolute Gasteiger partial charge is 0.264 e. The van der Waals surface area contributed by atoms with Crippen molar-refractivity contribution in [2.45, 2.75) is 71.4 Å². The highest BCUT2D eigenvalue weighted by atomic mass is 32.2. The van der Waals surface area contributed by atoms with E-state index in [2.05, 4.69) is 15.2 Å². The topological polar surface area (TPSA) is 122 Å². The third kappa shape index (κ3) is 7.06. The third-order valence-corrected chi connectivity index (χ3v) is 8.41. The van der Waals surface area contributed by atoms with Crippen molar-refractivity contribution >= 4 is 27.7 Å². The molecular weight excluding hydrogens is 516 g/mol. The van der Waals surface area contributed by atoms with Gasteiger partial charge in [-0.05, 0) is 43.4 Å². The highest BCUT2D eigenvalue weighted by Gasteiger charge is 2.30. The Bertz CT molecular complexity index is 1400. The van der Waals surface area contributed by atoms with Gasteiger partial charge in [-0.2, -0.15) is 0 Å². The lowest BCUT2D eigenvalue weighted by molar-refractivity contribution is -0.141. The molecule has 0 spiro atoms. The number of carbonyl (C=O) groups is 2. The van der Waals surface area contributed by atoms with Crippen molar-refractivity contribution in [3.05, 3.63) is 65.4 Å². The first kappa shape index (κ1) is 29.9. The number of sulfonamides is 1. The number of aryl methyl sites for hydroxylation is 1. The molecule has 210 valence electrons. The molecule has 2 aromatic carbocycles. The summed E-state index contributed by atoms with van der Waals surface area (Å²) < 4.78 is 34.1. The minimum atomic E-state index is -3.95. The van der Waals surface area contributed by atoms with E-state index >= 15 is 0 Å². The van der Waals surface area contributed by atoms with Crippen LogP contribution in [0, 0.1) is 19.8 Å². The molecule has 2 N–H and O–H groups in total. The van der Waals surface area contributed by atoms with Crippen molar-refractivity contribution in [3.63, 3.8) is 0 Å². The maximum atomic E-state index is 13.2. The van der Waals surface area contributed by atoms with Crippen molar-refractivity contribution in [1.82, 2.24) is 15.4 Å². The molecule has 0 fully saturated rings. The SMILES string of the molecule is CCCC(=O)N(C)[C@H](C(=O)NCc1ccc(-c2ccccc2S(=O)(=O)Nc2onc(C)c2C)cc1)[C@@H](C)CC. The zero-order valence-electron chi connectivity index (χ0n) is 23.4. The van der Waals surface area contributed by atoms with E-state index in [9.17, 15) is 18.0 Å². The normalized spacial score (nSPS) is 13.0.